The van der Waals surface area contributed by atoms with Gasteiger partial charge in [0.25, 0.3) is 10.1 Å². The lowest BCUT2D eigenvalue weighted by Crippen LogP contribution is -2.60. The molecule has 388 valence electrons. The lowest BCUT2D eigenvalue weighted by atomic mass is 10.00. The van der Waals surface area contributed by atoms with Crippen LogP contribution in [0.15, 0.2) is 24.3 Å². The Balaban J connectivity index is 2.33. The quantitative estimate of drug-likeness (QED) is 0.0196. The van der Waals surface area contributed by atoms with Crippen LogP contribution in [0, 0.1) is 0 Å². The molecule has 1 aliphatic rings. The van der Waals surface area contributed by atoms with Gasteiger partial charge in [-0.15, -0.1) is 0 Å². The van der Waals surface area contributed by atoms with Crippen LogP contribution in [0.25, 0.3) is 0 Å². The number of aliphatic hydroxyl groups excluding tert-OH is 3. The first-order valence-electron chi connectivity index (χ1n) is 26.9. The molecular weight excluding hydrogens is 861 g/mol. The van der Waals surface area contributed by atoms with E-state index in [2.05, 4.69) is 38.2 Å². The summed E-state index contributed by atoms with van der Waals surface area (Å²) in [6.45, 7) is 3.76. The summed E-state index contributed by atoms with van der Waals surface area (Å²) in [5.74, 6) is -1.99. The summed E-state index contributed by atoms with van der Waals surface area (Å²) in [5, 5.41) is 31.0. The van der Waals surface area contributed by atoms with Gasteiger partial charge in [0.05, 0.1) is 6.61 Å². The fourth-order valence-electron chi connectivity index (χ4n) is 8.36. The summed E-state index contributed by atoms with van der Waals surface area (Å²) < 4.78 is 54.3. The minimum Gasteiger partial charge on any atom is -0.462 e. The molecule has 1 rings (SSSR count). The van der Waals surface area contributed by atoms with Crippen LogP contribution >= 0.6 is 0 Å². The Morgan fingerprint density at radius 1 is 0.515 bits per heavy atom. The van der Waals surface area contributed by atoms with Crippen LogP contribution in [-0.4, -0.2) is 96.0 Å². The summed E-state index contributed by atoms with van der Waals surface area (Å²) in [4.78, 5) is 25.5. The summed E-state index contributed by atoms with van der Waals surface area (Å²) in [7, 11) is -4.60. The Bertz CT molecular complexity index is 1310. The molecule has 6 atom stereocenters. The molecule has 66 heavy (non-hydrogen) atoms. The van der Waals surface area contributed by atoms with Gasteiger partial charge >= 0.3 is 11.9 Å². The first-order chi connectivity index (χ1) is 32.0. The third-order valence-corrected chi connectivity index (χ3v) is 13.3. The van der Waals surface area contributed by atoms with Crippen LogP contribution in [0.3, 0.4) is 0 Å². The Kier molecular flexibility index (Phi) is 40.7. The van der Waals surface area contributed by atoms with Crippen molar-refractivity contribution in [3.05, 3.63) is 24.3 Å². The molecular formula is C53H98O12S. The van der Waals surface area contributed by atoms with E-state index in [1.807, 2.05) is 0 Å². The van der Waals surface area contributed by atoms with Crippen molar-refractivity contribution in [1.29, 1.82) is 0 Å². The molecule has 0 saturated carbocycles. The third kappa shape index (κ3) is 37.1. The lowest BCUT2D eigenvalue weighted by molar-refractivity contribution is -0.297. The largest absolute Gasteiger partial charge is 0.462 e. The van der Waals surface area contributed by atoms with Gasteiger partial charge in [-0.05, 0) is 44.9 Å². The predicted molar refractivity (Wildman–Crippen MR) is 266 cm³/mol. The molecule has 12 nitrogen and oxygen atoms in total. The second-order valence-corrected chi connectivity index (χ2v) is 20.4. The fraction of sp³-hybridized carbons (Fsp3) is 0.887. The Hall–Kier alpha value is -1.87. The van der Waals surface area contributed by atoms with Crippen molar-refractivity contribution in [1.82, 2.24) is 0 Å². The molecule has 1 fully saturated rings. The fourth-order valence-corrected chi connectivity index (χ4v) is 9.05. The van der Waals surface area contributed by atoms with Gasteiger partial charge in [-0.2, -0.15) is 8.42 Å². The molecule has 0 radical (unpaired) electrons. The standard InChI is InChI=1S/C53H98O12S/c1-3-5-7-9-11-13-15-17-19-20-21-22-23-24-25-26-28-30-32-34-36-38-40-42-49(55)64-46(44-63-53-52(58)51(57)50(56)47(65-53)45-66(59,60)61)43-62-48(54)41-39-37-35-33-31-29-27-18-16-14-12-10-8-6-4-2/h12,14,18,27,46-47,50-53,56-58H,3-11,13,15-17,19-26,28-45H2,1-2H3,(H,59,60,61)/b14-12+,27-18+/t46-,47-,50-,51?,52?,53+/m1/s1. The van der Waals surface area contributed by atoms with Gasteiger partial charge in [-0.3, -0.25) is 14.1 Å². The van der Waals surface area contributed by atoms with Crippen LogP contribution < -0.4 is 0 Å². The van der Waals surface area contributed by atoms with E-state index in [0.29, 0.717) is 12.8 Å². The molecule has 2 unspecified atom stereocenters. The SMILES string of the molecule is CCCCC/C=C/C/C=C/CCCCCCCC(=O)OC[C@H](CO[C@H]1O[C@H](CS(=O)(=O)O)[C@@H](O)C(O)C1O)OC(=O)CCCCCCCCCCCCCCCCCCCCCCCCC. The zero-order valence-corrected chi connectivity index (χ0v) is 42.6. The number of aliphatic hydroxyl groups is 3. The second-order valence-electron chi connectivity index (χ2n) is 18.9. The average Bonchev–Trinajstić information content (AvgIpc) is 3.28. The molecule has 1 aliphatic heterocycles. The van der Waals surface area contributed by atoms with Crippen LogP contribution in [0.5, 0.6) is 0 Å². The van der Waals surface area contributed by atoms with E-state index in [0.717, 1.165) is 64.2 Å². The van der Waals surface area contributed by atoms with Gasteiger partial charge in [-0.25, -0.2) is 0 Å². The van der Waals surface area contributed by atoms with Crippen LogP contribution in [-0.2, 0) is 38.7 Å². The van der Waals surface area contributed by atoms with Crippen molar-refractivity contribution in [3.63, 3.8) is 0 Å². The highest BCUT2D eigenvalue weighted by atomic mass is 32.2. The smallest absolute Gasteiger partial charge is 0.306 e. The molecule has 4 N–H and O–H groups in total. The van der Waals surface area contributed by atoms with Crippen molar-refractivity contribution >= 4 is 22.1 Å². The molecule has 0 bridgehead atoms. The number of allylic oxidation sites excluding steroid dienone is 4. The van der Waals surface area contributed by atoms with E-state index in [9.17, 15) is 37.9 Å². The number of rotatable bonds is 46. The van der Waals surface area contributed by atoms with Crippen molar-refractivity contribution in [3.8, 4) is 0 Å². The molecule has 0 aromatic heterocycles. The summed E-state index contributed by atoms with van der Waals surface area (Å²) in [6.07, 6.45) is 40.8. The Morgan fingerprint density at radius 3 is 1.36 bits per heavy atom. The predicted octanol–water partition coefficient (Wildman–Crippen LogP) is 12.3. The number of esters is 2. The molecule has 0 aliphatic carbocycles. The van der Waals surface area contributed by atoms with Crippen molar-refractivity contribution in [2.75, 3.05) is 19.0 Å². The molecule has 0 amide bonds. The summed E-state index contributed by atoms with van der Waals surface area (Å²) in [5.41, 5.74) is 0. The summed E-state index contributed by atoms with van der Waals surface area (Å²) in [6, 6.07) is 0. The zero-order valence-electron chi connectivity index (χ0n) is 41.8. The van der Waals surface area contributed by atoms with Crippen LogP contribution in [0.4, 0.5) is 0 Å². The van der Waals surface area contributed by atoms with Gasteiger partial charge in [0, 0.05) is 12.8 Å². The van der Waals surface area contributed by atoms with Gasteiger partial charge in [0.15, 0.2) is 12.4 Å². The van der Waals surface area contributed by atoms with Crippen molar-refractivity contribution in [2.24, 2.45) is 0 Å². The molecule has 0 aromatic carbocycles. The Morgan fingerprint density at radius 2 is 0.909 bits per heavy atom. The third-order valence-electron chi connectivity index (χ3n) is 12.5. The molecule has 0 aromatic rings. The molecule has 13 heteroatoms. The molecule has 1 saturated heterocycles. The van der Waals surface area contributed by atoms with Crippen LogP contribution in [0.1, 0.15) is 245 Å². The normalized spacial score (nSPS) is 19.5. The highest BCUT2D eigenvalue weighted by Gasteiger charge is 2.46. The monoisotopic (exact) mass is 959 g/mol. The van der Waals surface area contributed by atoms with E-state index in [-0.39, 0.29) is 19.4 Å². The van der Waals surface area contributed by atoms with E-state index >= 15 is 0 Å². The van der Waals surface area contributed by atoms with Crippen molar-refractivity contribution < 1.29 is 56.8 Å². The van der Waals surface area contributed by atoms with E-state index in [1.165, 1.54) is 141 Å². The van der Waals surface area contributed by atoms with Crippen molar-refractivity contribution in [2.45, 2.75) is 282 Å². The van der Waals surface area contributed by atoms with Gasteiger partial charge in [-0.1, -0.05) is 212 Å². The van der Waals surface area contributed by atoms with Crippen LogP contribution in [0.2, 0.25) is 0 Å². The number of carbonyl (C=O) groups is 2. The zero-order chi connectivity index (χ0) is 48.4. The van der Waals surface area contributed by atoms with E-state index < -0.39 is 71.2 Å². The number of hydrogen-bond donors (Lipinski definition) is 4. The maximum Gasteiger partial charge on any atom is 0.306 e. The maximum absolute atomic E-state index is 12.9. The number of unbranched alkanes of at least 4 members (excludes halogenated alkanes) is 30. The van der Waals surface area contributed by atoms with Gasteiger partial charge in [0.2, 0.25) is 0 Å². The lowest BCUT2D eigenvalue weighted by Gasteiger charge is -2.40. The minimum absolute atomic E-state index is 0.166. The summed E-state index contributed by atoms with van der Waals surface area (Å²) >= 11 is 0. The highest BCUT2D eigenvalue weighted by molar-refractivity contribution is 7.85. The Labute approximate surface area is 402 Å². The average molecular weight is 959 g/mol. The van der Waals surface area contributed by atoms with E-state index in [4.69, 9.17) is 18.9 Å². The maximum atomic E-state index is 12.9. The molecule has 1 heterocycles. The number of carbonyl (C=O) groups excluding carboxylic acids is 2. The van der Waals surface area contributed by atoms with Gasteiger partial charge < -0.3 is 34.3 Å². The highest BCUT2D eigenvalue weighted by Crippen LogP contribution is 2.24. The molecule has 0 spiro atoms. The van der Waals surface area contributed by atoms with E-state index in [1.54, 1.807) is 0 Å². The number of ether oxygens (including phenoxy) is 4. The first-order valence-corrected chi connectivity index (χ1v) is 28.5. The minimum atomic E-state index is -4.60. The first kappa shape index (κ1) is 62.1. The number of hydrogen-bond acceptors (Lipinski definition) is 11. The second kappa shape index (κ2) is 43.2. The van der Waals surface area contributed by atoms with Gasteiger partial charge in [0.1, 0.15) is 36.8 Å². The topological polar surface area (TPSA) is 186 Å².